The number of anilines is 1. The number of aromatic nitrogens is 2. The molecule has 1 aromatic heterocycles. The number of esters is 1. The first-order valence-electron chi connectivity index (χ1n) is 9.71. The number of aromatic amines is 1. The van der Waals surface area contributed by atoms with Crippen LogP contribution in [0.2, 0.25) is 0 Å². The fourth-order valence-corrected chi connectivity index (χ4v) is 3.90. The number of sulfonamides is 1. The summed E-state index contributed by atoms with van der Waals surface area (Å²) in [4.78, 5) is 48.9. The zero-order valence-corrected chi connectivity index (χ0v) is 18.9. The normalized spacial score (nSPS) is 11.5. The van der Waals surface area contributed by atoms with Crippen LogP contribution in [0, 0.1) is 6.92 Å². The maximum atomic E-state index is 12.4. The third-order valence-electron chi connectivity index (χ3n) is 4.80. The van der Waals surface area contributed by atoms with Crippen molar-refractivity contribution in [2.75, 3.05) is 26.0 Å². The van der Waals surface area contributed by atoms with Crippen LogP contribution in [0.4, 0.5) is 5.69 Å². The van der Waals surface area contributed by atoms with Crippen molar-refractivity contribution in [1.82, 2.24) is 14.1 Å². The van der Waals surface area contributed by atoms with E-state index in [9.17, 15) is 27.6 Å². The molecule has 0 spiro atoms. The summed E-state index contributed by atoms with van der Waals surface area (Å²) in [6.45, 7) is 0.410. The number of nitrogens with zero attached hydrogens (tertiary/aromatic N) is 2. The predicted octanol–water partition coefficient (Wildman–Crippen LogP) is 0.430. The van der Waals surface area contributed by atoms with Gasteiger partial charge in [0.15, 0.2) is 6.61 Å². The fraction of sp³-hybridized carbons (Fsp3) is 0.238. The number of aryl methyl sites for hydroxylation is 1. The molecule has 0 bridgehead atoms. The van der Waals surface area contributed by atoms with E-state index < -0.39 is 46.2 Å². The number of nitrogens with one attached hydrogen (secondary N) is 2. The summed E-state index contributed by atoms with van der Waals surface area (Å²) in [5, 5.41) is 5.14. The van der Waals surface area contributed by atoms with Gasteiger partial charge in [-0.05, 0) is 36.8 Å². The van der Waals surface area contributed by atoms with Crippen molar-refractivity contribution in [3.63, 3.8) is 0 Å². The van der Waals surface area contributed by atoms with Crippen LogP contribution in [0.15, 0.2) is 56.9 Å². The molecule has 11 nitrogen and oxygen atoms in total. The van der Waals surface area contributed by atoms with E-state index in [2.05, 4.69) is 10.4 Å². The first-order valence-corrected chi connectivity index (χ1v) is 11.1. The van der Waals surface area contributed by atoms with E-state index in [4.69, 9.17) is 4.74 Å². The molecule has 2 N–H and O–H groups in total. The van der Waals surface area contributed by atoms with Crippen LogP contribution in [0.25, 0.3) is 10.8 Å². The lowest BCUT2D eigenvalue weighted by atomic mass is 10.2. The van der Waals surface area contributed by atoms with Crippen LogP contribution >= 0.6 is 0 Å². The Morgan fingerprint density at radius 2 is 1.76 bits per heavy atom. The minimum Gasteiger partial charge on any atom is -0.454 e. The number of carbonyl (C=O) groups is 2. The van der Waals surface area contributed by atoms with Crippen molar-refractivity contribution < 1.29 is 22.7 Å². The Labute approximate surface area is 188 Å². The quantitative estimate of drug-likeness (QED) is 0.472. The zero-order chi connectivity index (χ0) is 24.3. The highest BCUT2D eigenvalue weighted by Crippen LogP contribution is 2.22. The Hall–Kier alpha value is -3.77. The number of H-pyrrole nitrogens is 1. The number of carbonyl (C=O) groups excluding carboxylic acids is 2. The molecule has 2 aromatic carbocycles. The van der Waals surface area contributed by atoms with Crippen molar-refractivity contribution in [1.29, 1.82) is 0 Å². The van der Waals surface area contributed by atoms with Gasteiger partial charge in [-0.25, -0.2) is 17.4 Å². The third-order valence-corrected chi connectivity index (χ3v) is 6.61. The number of benzene rings is 2. The highest BCUT2D eigenvalue weighted by molar-refractivity contribution is 7.89. The standard InChI is InChI=1S/C21H22N4O7S/c1-13-8-9-14(33(30,31)24(2)3)10-17(13)22-18(26)12-32-19(27)11-25-21(29)16-7-5-4-6-15(16)20(28)23-25/h4-10H,11-12H2,1-3H3,(H,22,26)(H,23,28). The number of rotatable bonds is 7. The Morgan fingerprint density at radius 3 is 2.42 bits per heavy atom. The summed E-state index contributed by atoms with van der Waals surface area (Å²) in [5.41, 5.74) is -0.276. The molecular formula is C21H22N4O7S. The smallest absolute Gasteiger partial charge is 0.328 e. The van der Waals surface area contributed by atoms with Crippen molar-refractivity contribution in [3.05, 3.63) is 68.7 Å². The molecule has 0 unspecified atom stereocenters. The molecule has 0 fully saturated rings. The Morgan fingerprint density at radius 1 is 1.09 bits per heavy atom. The Bertz CT molecular complexity index is 1460. The zero-order valence-electron chi connectivity index (χ0n) is 18.1. The largest absolute Gasteiger partial charge is 0.454 e. The molecule has 3 aromatic rings. The van der Waals surface area contributed by atoms with Crippen LogP contribution in [-0.4, -0.2) is 55.1 Å². The molecule has 1 heterocycles. The van der Waals surface area contributed by atoms with Crippen molar-refractivity contribution in [2.45, 2.75) is 18.4 Å². The van der Waals surface area contributed by atoms with Crippen molar-refractivity contribution in [2.24, 2.45) is 0 Å². The Kier molecular flexibility index (Phi) is 6.79. The number of fused-ring (bicyclic) bond motifs is 1. The van der Waals surface area contributed by atoms with Gasteiger partial charge in [-0.15, -0.1) is 0 Å². The molecule has 0 aliphatic rings. The minimum atomic E-state index is -3.70. The van der Waals surface area contributed by atoms with Gasteiger partial charge in [-0.1, -0.05) is 18.2 Å². The molecule has 0 saturated heterocycles. The van der Waals surface area contributed by atoms with Crippen LogP contribution in [0.3, 0.4) is 0 Å². The van der Waals surface area contributed by atoms with Crippen LogP contribution < -0.4 is 16.4 Å². The maximum absolute atomic E-state index is 12.4. The van der Waals surface area contributed by atoms with Crippen molar-refractivity contribution in [3.8, 4) is 0 Å². The van der Waals surface area contributed by atoms with Gasteiger partial charge in [0, 0.05) is 19.8 Å². The molecule has 0 saturated carbocycles. The molecule has 0 aliphatic heterocycles. The average molecular weight is 474 g/mol. The predicted molar refractivity (Wildman–Crippen MR) is 120 cm³/mol. The highest BCUT2D eigenvalue weighted by atomic mass is 32.2. The van der Waals surface area contributed by atoms with Crippen LogP contribution in [0.1, 0.15) is 5.56 Å². The number of hydrogen-bond acceptors (Lipinski definition) is 7. The lowest BCUT2D eigenvalue weighted by Gasteiger charge is -2.14. The van der Waals surface area contributed by atoms with E-state index in [1.807, 2.05) is 0 Å². The van der Waals surface area contributed by atoms with E-state index in [-0.39, 0.29) is 21.4 Å². The topological polar surface area (TPSA) is 148 Å². The van der Waals surface area contributed by atoms with E-state index in [0.717, 1.165) is 8.99 Å². The molecular weight excluding hydrogens is 452 g/mol. The highest BCUT2D eigenvalue weighted by Gasteiger charge is 2.19. The molecule has 0 aliphatic carbocycles. The summed E-state index contributed by atoms with van der Waals surface area (Å²) < 4.78 is 31.3. The summed E-state index contributed by atoms with van der Waals surface area (Å²) in [7, 11) is -0.921. The second-order valence-electron chi connectivity index (χ2n) is 7.35. The first-order chi connectivity index (χ1) is 15.5. The molecule has 174 valence electrons. The average Bonchev–Trinajstić information content (AvgIpc) is 2.77. The summed E-state index contributed by atoms with van der Waals surface area (Å²) in [5.74, 6) is -1.62. The summed E-state index contributed by atoms with van der Waals surface area (Å²) >= 11 is 0. The second kappa shape index (κ2) is 9.38. The second-order valence-corrected chi connectivity index (χ2v) is 9.50. The minimum absolute atomic E-state index is 0.00923. The maximum Gasteiger partial charge on any atom is 0.328 e. The molecule has 12 heteroatoms. The number of amides is 1. The first kappa shape index (κ1) is 23.9. The van der Waals surface area contributed by atoms with Gasteiger partial charge in [-0.2, -0.15) is 0 Å². The molecule has 33 heavy (non-hydrogen) atoms. The van der Waals surface area contributed by atoms with E-state index in [1.165, 1.54) is 38.4 Å². The Balaban J connectivity index is 1.67. The van der Waals surface area contributed by atoms with Gasteiger partial charge >= 0.3 is 5.97 Å². The van der Waals surface area contributed by atoms with E-state index in [0.29, 0.717) is 5.56 Å². The number of hydrogen-bond donors (Lipinski definition) is 2. The molecule has 0 atom stereocenters. The monoisotopic (exact) mass is 474 g/mol. The fourth-order valence-electron chi connectivity index (χ4n) is 2.97. The van der Waals surface area contributed by atoms with Gasteiger partial charge in [0.1, 0.15) is 6.54 Å². The van der Waals surface area contributed by atoms with E-state index in [1.54, 1.807) is 25.1 Å². The van der Waals surface area contributed by atoms with Gasteiger partial charge in [0.25, 0.3) is 17.0 Å². The number of ether oxygens (including phenoxy) is 1. The third kappa shape index (κ3) is 5.18. The lowest BCUT2D eigenvalue weighted by Crippen LogP contribution is -2.33. The molecule has 3 rings (SSSR count). The van der Waals surface area contributed by atoms with Crippen molar-refractivity contribution >= 4 is 38.4 Å². The SMILES string of the molecule is Cc1ccc(S(=O)(=O)N(C)C)cc1NC(=O)COC(=O)Cn1[nH]c(=O)c2ccccc2c1=O. The van der Waals surface area contributed by atoms with E-state index >= 15 is 0 Å². The molecule has 0 radical (unpaired) electrons. The molecule has 1 amide bonds. The summed E-state index contributed by atoms with van der Waals surface area (Å²) in [6.07, 6.45) is 0. The van der Waals surface area contributed by atoms with Gasteiger partial charge in [0.2, 0.25) is 10.0 Å². The van der Waals surface area contributed by atoms with Crippen LogP contribution in [-0.2, 0) is 30.9 Å². The van der Waals surface area contributed by atoms with Crippen LogP contribution in [0.5, 0.6) is 0 Å². The van der Waals surface area contributed by atoms with Gasteiger partial charge in [-0.3, -0.25) is 24.3 Å². The van der Waals surface area contributed by atoms with Gasteiger partial charge < -0.3 is 10.1 Å². The summed E-state index contributed by atoms with van der Waals surface area (Å²) in [6, 6.07) is 10.4. The van der Waals surface area contributed by atoms with Gasteiger partial charge in [0.05, 0.1) is 15.7 Å². The lowest BCUT2D eigenvalue weighted by molar-refractivity contribution is -0.148.